The van der Waals surface area contributed by atoms with Crippen molar-refractivity contribution in [2.75, 3.05) is 0 Å². The molecule has 0 bridgehead atoms. The van der Waals surface area contributed by atoms with Crippen LogP contribution in [-0.2, 0) is 0 Å². The van der Waals surface area contributed by atoms with Crippen LogP contribution in [0.15, 0.2) is 11.8 Å². The highest BCUT2D eigenvalue weighted by Gasteiger charge is 2.25. The Morgan fingerprint density at radius 1 is 1.75 bits per heavy atom. The molecule has 0 amide bonds. The SMILES string of the molecule is N#CC(=CO)C1CC1. The predicted octanol–water partition coefficient (Wildman–Crippen LogP) is 1.36. The van der Waals surface area contributed by atoms with E-state index in [0.29, 0.717) is 11.5 Å². The van der Waals surface area contributed by atoms with Crippen LogP contribution in [0.5, 0.6) is 0 Å². The van der Waals surface area contributed by atoms with Crippen molar-refractivity contribution in [2.24, 2.45) is 5.92 Å². The predicted molar refractivity (Wildman–Crippen MR) is 29.0 cm³/mol. The smallest absolute Gasteiger partial charge is 0.0982 e. The van der Waals surface area contributed by atoms with Crippen molar-refractivity contribution < 1.29 is 5.11 Å². The first kappa shape index (κ1) is 5.17. The Bertz CT molecular complexity index is 150. The fourth-order valence-electron chi connectivity index (χ4n) is 0.620. The Morgan fingerprint density at radius 3 is 2.50 bits per heavy atom. The first-order chi connectivity index (χ1) is 3.88. The van der Waals surface area contributed by atoms with E-state index < -0.39 is 0 Å². The molecule has 8 heavy (non-hydrogen) atoms. The Hall–Kier alpha value is -0.970. The van der Waals surface area contributed by atoms with E-state index in [9.17, 15) is 0 Å². The number of nitrogens with zero attached hydrogens (tertiary/aromatic N) is 1. The number of aliphatic hydroxyl groups is 1. The quantitative estimate of drug-likeness (QED) is 0.408. The lowest BCUT2D eigenvalue weighted by Crippen LogP contribution is -1.78. The number of rotatable bonds is 1. The maximum atomic E-state index is 8.35. The minimum absolute atomic E-state index is 0.380. The molecule has 0 spiro atoms. The number of nitriles is 1. The van der Waals surface area contributed by atoms with E-state index in [1.54, 1.807) is 0 Å². The van der Waals surface area contributed by atoms with Gasteiger partial charge in [-0.05, 0) is 18.8 Å². The molecule has 0 radical (unpaired) electrons. The molecule has 1 aliphatic rings. The molecule has 0 aromatic rings. The van der Waals surface area contributed by atoms with Gasteiger partial charge in [0.1, 0.15) is 0 Å². The lowest BCUT2D eigenvalue weighted by atomic mass is 10.2. The number of hydrogen-bond acceptors (Lipinski definition) is 2. The second-order valence-electron chi connectivity index (χ2n) is 1.97. The molecule has 1 saturated carbocycles. The van der Waals surface area contributed by atoms with Gasteiger partial charge in [-0.2, -0.15) is 5.26 Å². The molecule has 0 aromatic carbocycles. The van der Waals surface area contributed by atoms with E-state index >= 15 is 0 Å². The zero-order valence-corrected chi connectivity index (χ0v) is 4.46. The Morgan fingerprint density at radius 2 is 2.38 bits per heavy atom. The lowest BCUT2D eigenvalue weighted by molar-refractivity contribution is 0.466. The molecule has 1 rings (SSSR count). The lowest BCUT2D eigenvalue weighted by Gasteiger charge is -1.83. The highest BCUT2D eigenvalue weighted by molar-refractivity contribution is 5.25. The van der Waals surface area contributed by atoms with Gasteiger partial charge in [0.05, 0.1) is 17.9 Å². The van der Waals surface area contributed by atoms with Crippen molar-refractivity contribution in [1.82, 2.24) is 0 Å². The van der Waals surface area contributed by atoms with E-state index in [0.717, 1.165) is 19.1 Å². The molecule has 2 heteroatoms. The van der Waals surface area contributed by atoms with E-state index in [1.165, 1.54) is 0 Å². The summed E-state index contributed by atoms with van der Waals surface area (Å²) in [6, 6.07) is 1.92. The number of aliphatic hydroxyl groups excluding tert-OH is 1. The molecular weight excluding hydrogens is 102 g/mol. The van der Waals surface area contributed by atoms with E-state index in [1.807, 2.05) is 6.07 Å². The summed E-state index contributed by atoms with van der Waals surface area (Å²) in [6.45, 7) is 0. The molecule has 1 fully saturated rings. The van der Waals surface area contributed by atoms with Crippen LogP contribution in [0.25, 0.3) is 0 Å². The van der Waals surface area contributed by atoms with Gasteiger partial charge < -0.3 is 5.11 Å². The monoisotopic (exact) mass is 109 g/mol. The Kier molecular flexibility index (Phi) is 1.21. The van der Waals surface area contributed by atoms with Gasteiger partial charge in [-0.1, -0.05) is 0 Å². The zero-order valence-electron chi connectivity index (χ0n) is 4.46. The normalized spacial score (nSPS) is 20.1. The summed E-state index contributed by atoms with van der Waals surface area (Å²) in [5.41, 5.74) is 0.532. The minimum atomic E-state index is 0.380. The summed E-state index contributed by atoms with van der Waals surface area (Å²) in [5, 5.41) is 16.6. The maximum absolute atomic E-state index is 8.35. The first-order valence-corrected chi connectivity index (χ1v) is 2.63. The summed E-state index contributed by atoms with van der Waals surface area (Å²) < 4.78 is 0. The molecule has 0 heterocycles. The summed E-state index contributed by atoms with van der Waals surface area (Å²) in [5.74, 6) is 0.380. The molecule has 1 aliphatic carbocycles. The standard InChI is InChI=1S/C6H7NO/c7-3-6(4-8)5-1-2-5/h4-5,8H,1-2H2. The van der Waals surface area contributed by atoms with Crippen LogP contribution in [-0.4, -0.2) is 5.11 Å². The third kappa shape index (κ3) is 0.812. The van der Waals surface area contributed by atoms with Gasteiger partial charge in [0, 0.05) is 0 Å². The highest BCUT2D eigenvalue weighted by atomic mass is 16.2. The van der Waals surface area contributed by atoms with E-state index in [4.69, 9.17) is 10.4 Å². The molecule has 0 atom stereocenters. The van der Waals surface area contributed by atoms with Crippen LogP contribution in [0.1, 0.15) is 12.8 Å². The summed E-state index contributed by atoms with van der Waals surface area (Å²) in [7, 11) is 0. The van der Waals surface area contributed by atoms with Crippen molar-refractivity contribution in [3.8, 4) is 6.07 Å². The summed E-state index contributed by atoms with van der Waals surface area (Å²) >= 11 is 0. The van der Waals surface area contributed by atoms with E-state index in [-0.39, 0.29) is 0 Å². The largest absolute Gasteiger partial charge is 0.515 e. The maximum Gasteiger partial charge on any atom is 0.0982 e. The van der Waals surface area contributed by atoms with Gasteiger partial charge in [0.15, 0.2) is 0 Å². The van der Waals surface area contributed by atoms with Crippen LogP contribution in [0, 0.1) is 17.2 Å². The second kappa shape index (κ2) is 1.87. The minimum Gasteiger partial charge on any atom is -0.515 e. The van der Waals surface area contributed by atoms with Crippen LogP contribution >= 0.6 is 0 Å². The third-order valence-electron chi connectivity index (χ3n) is 1.29. The van der Waals surface area contributed by atoms with Crippen molar-refractivity contribution in [1.29, 1.82) is 5.26 Å². The Balaban J connectivity index is 2.53. The second-order valence-corrected chi connectivity index (χ2v) is 1.97. The van der Waals surface area contributed by atoms with Gasteiger partial charge >= 0.3 is 0 Å². The Labute approximate surface area is 48.1 Å². The summed E-state index contributed by atoms with van der Waals surface area (Å²) in [6.07, 6.45) is 3.05. The van der Waals surface area contributed by atoms with Crippen LogP contribution in [0.3, 0.4) is 0 Å². The first-order valence-electron chi connectivity index (χ1n) is 2.63. The molecule has 0 aliphatic heterocycles. The molecular formula is C6H7NO. The molecule has 1 N–H and O–H groups in total. The fourth-order valence-corrected chi connectivity index (χ4v) is 0.620. The molecule has 0 aromatic heterocycles. The molecule has 2 nitrogen and oxygen atoms in total. The van der Waals surface area contributed by atoms with Crippen molar-refractivity contribution >= 4 is 0 Å². The highest BCUT2D eigenvalue weighted by Crippen LogP contribution is 2.35. The van der Waals surface area contributed by atoms with Crippen LogP contribution in [0.4, 0.5) is 0 Å². The van der Waals surface area contributed by atoms with Crippen LogP contribution < -0.4 is 0 Å². The average molecular weight is 109 g/mol. The number of allylic oxidation sites excluding steroid dienone is 1. The van der Waals surface area contributed by atoms with Crippen molar-refractivity contribution in [3.63, 3.8) is 0 Å². The van der Waals surface area contributed by atoms with Gasteiger partial charge in [-0.15, -0.1) is 0 Å². The molecule has 0 saturated heterocycles. The summed E-state index contributed by atoms with van der Waals surface area (Å²) in [4.78, 5) is 0. The van der Waals surface area contributed by atoms with Gasteiger partial charge in [0.25, 0.3) is 0 Å². The van der Waals surface area contributed by atoms with Crippen molar-refractivity contribution in [3.05, 3.63) is 11.8 Å². The van der Waals surface area contributed by atoms with Gasteiger partial charge in [-0.25, -0.2) is 0 Å². The zero-order chi connectivity index (χ0) is 5.98. The van der Waals surface area contributed by atoms with Crippen LogP contribution in [0.2, 0.25) is 0 Å². The van der Waals surface area contributed by atoms with E-state index in [2.05, 4.69) is 0 Å². The topological polar surface area (TPSA) is 44.0 Å². The van der Waals surface area contributed by atoms with Crippen molar-refractivity contribution in [2.45, 2.75) is 12.8 Å². The van der Waals surface area contributed by atoms with Gasteiger partial charge in [-0.3, -0.25) is 0 Å². The molecule has 42 valence electrons. The molecule has 0 unspecified atom stereocenters. The third-order valence-corrected chi connectivity index (χ3v) is 1.29. The fraction of sp³-hybridized carbons (Fsp3) is 0.500. The van der Waals surface area contributed by atoms with Gasteiger partial charge in [0.2, 0.25) is 0 Å². The number of hydrogen-bond donors (Lipinski definition) is 1. The average Bonchev–Trinajstić information content (AvgIpc) is 2.53.